The second kappa shape index (κ2) is 11.8. The first-order valence-corrected chi connectivity index (χ1v) is 10.4. The van der Waals surface area contributed by atoms with E-state index in [1.54, 1.807) is 31.4 Å². The third-order valence-electron chi connectivity index (χ3n) is 5.00. The van der Waals surface area contributed by atoms with Crippen LogP contribution in [0.3, 0.4) is 0 Å². The second-order valence-corrected chi connectivity index (χ2v) is 7.39. The molecule has 0 aliphatic heterocycles. The first-order chi connectivity index (χ1) is 15.5. The van der Waals surface area contributed by atoms with Gasteiger partial charge in [-0.2, -0.15) is 0 Å². The van der Waals surface area contributed by atoms with E-state index in [1.165, 1.54) is 6.07 Å². The topological polar surface area (TPSA) is 79.2 Å². The molecule has 32 heavy (non-hydrogen) atoms. The number of hydrogen-bond donors (Lipinski definition) is 3. The minimum absolute atomic E-state index is 0.112. The minimum Gasteiger partial charge on any atom is -0.508 e. The number of para-hydroxylation sites is 1. The number of phenols is 1. The zero-order chi connectivity index (χ0) is 22.8. The van der Waals surface area contributed by atoms with E-state index in [9.17, 15) is 15.3 Å². The first kappa shape index (κ1) is 23.2. The number of hydrogen-bond acceptors (Lipinski definition) is 5. The van der Waals surface area contributed by atoms with Gasteiger partial charge in [0, 0.05) is 18.4 Å². The van der Waals surface area contributed by atoms with Crippen LogP contribution in [-0.4, -0.2) is 29.0 Å². The van der Waals surface area contributed by atoms with Crippen molar-refractivity contribution >= 4 is 0 Å². The summed E-state index contributed by atoms with van der Waals surface area (Å²) in [6.07, 6.45) is 0.887. The van der Waals surface area contributed by atoms with Gasteiger partial charge >= 0.3 is 0 Å². The molecular formula is C27H28O5. The van der Waals surface area contributed by atoms with Gasteiger partial charge in [0.1, 0.15) is 23.9 Å². The van der Waals surface area contributed by atoms with E-state index in [0.29, 0.717) is 18.4 Å². The van der Waals surface area contributed by atoms with Crippen molar-refractivity contribution < 1.29 is 24.8 Å². The van der Waals surface area contributed by atoms with Crippen molar-refractivity contribution in [1.82, 2.24) is 0 Å². The average Bonchev–Trinajstić information content (AvgIpc) is 2.83. The second-order valence-electron chi connectivity index (χ2n) is 7.39. The monoisotopic (exact) mass is 432 g/mol. The van der Waals surface area contributed by atoms with Crippen LogP contribution in [0.5, 0.6) is 17.2 Å². The van der Waals surface area contributed by atoms with E-state index in [4.69, 9.17) is 9.47 Å². The Morgan fingerprint density at radius 1 is 0.875 bits per heavy atom. The Morgan fingerprint density at radius 2 is 1.62 bits per heavy atom. The van der Waals surface area contributed by atoms with Gasteiger partial charge in [-0.25, -0.2) is 0 Å². The van der Waals surface area contributed by atoms with E-state index in [0.717, 1.165) is 22.6 Å². The van der Waals surface area contributed by atoms with Crippen LogP contribution in [0, 0.1) is 0 Å². The Balaban J connectivity index is 1.73. The summed E-state index contributed by atoms with van der Waals surface area (Å²) in [5.74, 6) is 1.57. The molecule has 0 amide bonds. The molecule has 3 aromatic rings. The molecule has 5 heteroatoms. The lowest BCUT2D eigenvalue weighted by atomic mass is 10.0. The summed E-state index contributed by atoms with van der Waals surface area (Å²) in [5.41, 5.74) is 5.35. The summed E-state index contributed by atoms with van der Waals surface area (Å²) in [6.45, 7) is 0.260. The van der Waals surface area contributed by atoms with Crippen molar-refractivity contribution in [2.45, 2.75) is 25.0 Å². The Bertz CT molecular complexity index is 1040. The van der Waals surface area contributed by atoms with Gasteiger partial charge in [-0.05, 0) is 53.6 Å². The predicted octanol–water partition coefficient (Wildman–Crippen LogP) is 5.11. The van der Waals surface area contributed by atoms with Crippen LogP contribution >= 0.6 is 0 Å². The Hall–Kier alpha value is -3.50. The molecule has 0 aromatic heterocycles. The number of benzene rings is 3. The van der Waals surface area contributed by atoms with Crippen LogP contribution in [0.2, 0.25) is 0 Å². The molecule has 0 heterocycles. The average molecular weight is 433 g/mol. The van der Waals surface area contributed by atoms with Crippen LogP contribution in [0.4, 0.5) is 0 Å². The summed E-state index contributed by atoms with van der Waals surface area (Å²) in [4.78, 5) is 0. The summed E-state index contributed by atoms with van der Waals surface area (Å²) >= 11 is 0. The number of aliphatic hydroxyl groups excluding tert-OH is 2. The van der Waals surface area contributed by atoms with Crippen LogP contribution in [0.1, 0.15) is 36.2 Å². The van der Waals surface area contributed by atoms with Crippen LogP contribution in [0.15, 0.2) is 96.2 Å². The molecule has 5 nitrogen and oxygen atoms in total. The fourth-order valence-electron chi connectivity index (χ4n) is 3.21. The summed E-state index contributed by atoms with van der Waals surface area (Å²) in [7, 11) is 1.60. The van der Waals surface area contributed by atoms with Crippen LogP contribution < -0.4 is 9.47 Å². The number of ether oxygens (including phenoxy) is 2. The predicted molar refractivity (Wildman–Crippen MR) is 124 cm³/mol. The molecule has 0 fully saturated rings. The fourth-order valence-corrected chi connectivity index (χ4v) is 3.21. The number of aromatic hydroxyl groups is 1. The summed E-state index contributed by atoms with van der Waals surface area (Å²) in [6, 6.07) is 23.3. The maximum atomic E-state index is 10.7. The highest BCUT2D eigenvalue weighted by atomic mass is 16.5. The van der Waals surface area contributed by atoms with E-state index in [1.807, 2.05) is 54.6 Å². The SMILES string of the molecule is COc1ccc([C@H](O)CC(=C=CC[C@@H](O)c2cccc(O)c2)COc2ccccc2)cc1. The zero-order valence-corrected chi connectivity index (χ0v) is 18.0. The van der Waals surface area contributed by atoms with Gasteiger partial charge in [-0.15, -0.1) is 5.73 Å². The van der Waals surface area contributed by atoms with Gasteiger partial charge in [-0.3, -0.25) is 0 Å². The Kier molecular flexibility index (Phi) is 8.52. The van der Waals surface area contributed by atoms with Gasteiger partial charge in [0.05, 0.1) is 19.3 Å². The lowest BCUT2D eigenvalue weighted by Gasteiger charge is -2.14. The van der Waals surface area contributed by atoms with Gasteiger partial charge in [0.2, 0.25) is 0 Å². The van der Waals surface area contributed by atoms with Gasteiger partial charge in [-0.1, -0.05) is 42.5 Å². The van der Waals surface area contributed by atoms with Gasteiger partial charge < -0.3 is 24.8 Å². The van der Waals surface area contributed by atoms with Crippen LogP contribution in [0.25, 0.3) is 0 Å². The molecule has 0 radical (unpaired) electrons. The summed E-state index contributed by atoms with van der Waals surface area (Å²) < 4.78 is 11.0. The van der Waals surface area contributed by atoms with Crippen molar-refractivity contribution in [1.29, 1.82) is 0 Å². The zero-order valence-electron chi connectivity index (χ0n) is 18.0. The Labute approximate surface area is 188 Å². The lowest BCUT2D eigenvalue weighted by molar-refractivity contribution is 0.173. The molecule has 2 atom stereocenters. The van der Waals surface area contributed by atoms with Crippen molar-refractivity contribution in [3.8, 4) is 17.2 Å². The standard InChI is InChI=1S/C27H28O5/c1-31-24-15-13-21(14-16-24)27(30)17-20(19-32-25-10-3-2-4-11-25)7-5-12-26(29)22-8-6-9-23(28)18-22/h2-6,8-11,13-16,18,26-30H,12,17,19H2,1H3/t7?,26-,27-/m1/s1. The van der Waals surface area contributed by atoms with Crippen molar-refractivity contribution in [3.05, 3.63) is 107 Å². The molecular weight excluding hydrogens is 404 g/mol. The molecule has 0 aliphatic carbocycles. The lowest BCUT2D eigenvalue weighted by Crippen LogP contribution is -2.06. The van der Waals surface area contributed by atoms with E-state index in [2.05, 4.69) is 5.73 Å². The number of methoxy groups -OCH3 is 1. The molecule has 166 valence electrons. The molecule has 3 aromatic carbocycles. The maximum Gasteiger partial charge on any atom is 0.119 e. The molecule has 0 saturated carbocycles. The molecule has 0 unspecified atom stereocenters. The Morgan fingerprint density at radius 3 is 2.31 bits per heavy atom. The normalized spacial score (nSPS) is 12.3. The molecule has 0 aliphatic rings. The smallest absolute Gasteiger partial charge is 0.119 e. The third-order valence-corrected chi connectivity index (χ3v) is 5.00. The van der Waals surface area contributed by atoms with Gasteiger partial charge in [0.25, 0.3) is 0 Å². The van der Waals surface area contributed by atoms with Crippen molar-refractivity contribution in [2.24, 2.45) is 0 Å². The fraction of sp³-hybridized carbons (Fsp3) is 0.222. The molecule has 3 N–H and O–H groups in total. The van der Waals surface area contributed by atoms with Gasteiger partial charge in [0.15, 0.2) is 0 Å². The highest BCUT2D eigenvalue weighted by Gasteiger charge is 2.12. The number of rotatable bonds is 10. The maximum absolute atomic E-state index is 10.7. The quantitative estimate of drug-likeness (QED) is 0.388. The third kappa shape index (κ3) is 7.03. The molecule has 0 saturated heterocycles. The highest BCUT2D eigenvalue weighted by molar-refractivity contribution is 5.30. The van der Waals surface area contributed by atoms with Crippen molar-refractivity contribution in [2.75, 3.05) is 13.7 Å². The number of aliphatic hydroxyl groups is 2. The van der Waals surface area contributed by atoms with E-state index >= 15 is 0 Å². The van der Waals surface area contributed by atoms with E-state index < -0.39 is 12.2 Å². The van der Waals surface area contributed by atoms with E-state index in [-0.39, 0.29) is 12.4 Å². The summed E-state index contributed by atoms with van der Waals surface area (Å²) in [5, 5.41) is 30.7. The van der Waals surface area contributed by atoms with Crippen LogP contribution in [-0.2, 0) is 0 Å². The number of phenolic OH excluding ortho intramolecular Hbond substituents is 1. The largest absolute Gasteiger partial charge is 0.508 e. The highest BCUT2D eigenvalue weighted by Crippen LogP contribution is 2.25. The first-order valence-electron chi connectivity index (χ1n) is 10.4. The molecule has 0 bridgehead atoms. The molecule has 3 rings (SSSR count). The molecule has 0 spiro atoms. The van der Waals surface area contributed by atoms with Crippen molar-refractivity contribution in [3.63, 3.8) is 0 Å². The minimum atomic E-state index is -0.766.